The summed E-state index contributed by atoms with van der Waals surface area (Å²) in [6.07, 6.45) is 9.17. The highest BCUT2D eigenvalue weighted by Crippen LogP contribution is 2.50. The van der Waals surface area contributed by atoms with Gasteiger partial charge in [0.1, 0.15) is 0 Å². The lowest BCUT2D eigenvalue weighted by atomic mass is 9.86. The predicted molar refractivity (Wildman–Crippen MR) is 102 cm³/mol. The smallest absolute Gasteiger partial charge is 0.0444 e. The Balaban J connectivity index is 1.95. The summed E-state index contributed by atoms with van der Waals surface area (Å²) in [7, 11) is -0.832. The van der Waals surface area contributed by atoms with Crippen LogP contribution in [0.2, 0.25) is 13.1 Å². The van der Waals surface area contributed by atoms with Crippen molar-refractivity contribution in [2.45, 2.75) is 24.6 Å². The van der Waals surface area contributed by atoms with Crippen molar-refractivity contribution in [3.63, 3.8) is 0 Å². The Morgan fingerprint density at radius 2 is 1.57 bits per heavy atom. The largest absolute Gasteiger partial charge is 0.0726 e. The van der Waals surface area contributed by atoms with Crippen molar-refractivity contribution in [2.24, 2.45) is 0 Å². The molecule has 0 saturated carbocycles. The molecule has 114 valence electrons. The van der Waals surface area contributed by atoms with E-state index in [1.165, 1.54) is 16.7 Å². The van der Waals surface area contributed by atoms with E-state index in [9.17, 15) is 0 Å². The monoisotopic (exact) mass is 314 g/mol. The van der Waals surface area contributed by atoms with Crippen molar-refractivity contribution in [1.29, 1.82) is 0 Å². The molecule has 0 N–H and O–H groups in total. The minimum Gasteiger partial charge on any atom is -0.0726 e. The highest BCUT2D eigenvalue weighted by molar-refractivity contribution is 6.59. The third-order valence-corrected chi connectivity index (χ3v) is 7.11. The first-order valence-electron chi connectivity index (χ1n) is 8.50. The maximum Gasteiger partial charge on any atom is 0.0444 e. The van der Waals surface area contributed by atoms with Crippen LogP contribution >= 0.6 is 0 Å². The topological polar surface area (TPSA) is 0 Å². The highest BCUT2D eigenvalue weighted by atomic mass is 28.3. The van der Waals surface area contributed by atoms with Gasteiger partial charge in [-0.2, -0.15) is 0 Å². The molecule has 0 saturated heterocycles. The van der Waals surface area contributed by atoms with Gasteiger partial charge in [-0.1, -0.05) is 92.0 Å². The minimum atomic E-state index is -0.832. The molecule has 0 fully saturated rings. The third-order valence-electron chi connectivity index (χ3n) is 5.06. The Morgan fingerprint density at radius 3 is 2.35 bits per heavy atom. The molecule has 2 aromatic rings. The summed E-state index contributed by atoms with van der Waals surface area (Å²) in [5.74, 6) is 0.361. The molecule has 2 aromatic carbocycles. The fourth-order valence-corrected chi connectivity index (χ4v) is 6.15. The number of hydrogen-bond acceptors (Lipinski definition) is 0. The van der Waals surface area contributed by atoms with Gasteiger partial charge >= 0.3 is 0 Å². The molecule has 2 unspecified atom stereocenters. The fourth-order valence-electron chi connectivity index (χ4n) is 4.13. The summed E-state index contributed by atoms with van der Waals surface area (Å²) in [4.78, 5) is 0. The summed E-state index contributed by atoms with van der Waals surface area (Å²) in [5, 5.41) is 0. The zero-order valence-electron chi connectivity index (χ0n) is 13.7. The van der Waals surface area contributed by atoms with Crippen molar-refractivity contribution >= 4 is 14.4 Å². The second-order valence-electron chi connectivity index (χ2n) is 6.81. The van der Waals surface area contributed by atoms with E-state index in [0.717, 1.165) is 0 Å². The van der Waals surface area contributed by atoms with Crippen LogP contribution in [0.15, 0.2) is 84.5 Å². The van der Waals surface area contributed by atoms with Gasteiger partial charge in [0.2, 0.25) is 0 Å². The summed E-state index contributed by atoms with van der Waals surface area (Å²) in [5.41, 5.74) is 8.15. The van der Waals surface area contributed by atoms with E-state index in [4.69, 9.17) is 0 Å². The number of benzene rings is 2. The Kier molecular flexibility index (Phi) is 3.66. The molecule has 0 aliphatic heterocycles. The van der Waals surface area contributed by atoms with Gasteiger partial charge in [-0.25, -0.2) is 0 Å². The molecule has 0 heterocycles. The van der Waals surface area contributed by atoms with E-state index in [0.29, 0.717) is 11.5 Å². The van der Waals surface area contributed by atoms with Crippen molar-refractivity contribution in [3.05, 3.63) is 101 Å². The third kappa shape index (κ3) is 2.36. The summed E-state index contributed by atoms with van der Waals surface area (Å²) < 4.78 is 0. The lowest BCUT2D eigenvalue weighted by molar-refractivity contribution is 1.10. The van der Waals surface area contributed by atoms with E-state index < -0.39 is 8.80 Å². The maximum atomic E-state index is 2.47. The molecule has 0 amide bonds. The minimum absolute atomic E-state index is 0.361. The quantitative estimate of drug-likeness (QED) is 0.644. The van der Waals surface area contributed by atoms with Gasteiger partial charge in [-0.15, -0.1) is 0 Å². The molecule has 23 heavy (non-hydrogen) atoms. The SMILES string of the molecule is C[SiH](C)C1C2=C(c3ccccc31)C(c1ccccc1)C=CC=C2. The molecule has 0 radical (unpaired) electrons. The lowest BCUT2D eigenvalue weighted by Gasteiger charge is -2.19. The van der Waals surface area contributed by atoms with Crippen molar-refractivity contribution < 1.29 is 0 Å². The average molecular weight is 315 g/mol. The molecule has 0 spiro atoms. The first-order valence-corrected chi connectivity index (χ1v) is 11.5. The molecule has 2 aliphatic rings. The molecule has 0 nitrogen and oxygen atoms in total. The molecular weight excluding hydrogens is 292 g/mol. The van der Waals surface area contributed by atoms with Gasteiger partial charge in [-0.3, -0.25) is 0 Å². The van der Waals surface area contributed by atoms with Gasteiger partial charge < -0.3 is 0 Å². The predicted octanol–water partition coefficient (Wildman–Crippen LogP) is 5.47. The van der Waals surface area contributed by atoms with E-state index >= 15 is 0 Å². The maximum absolute atomic E-state index is 2.47. The van der Waals surface area contributed by atoms with Gasteiger partial charge in [0.15, 0.2) is 0 Å². The van der Waals surface area contributed by atoms with Gasteiger partial charge in [0, 0.05) is 20.3 Å². The zero-order chi connectivity index (χ0) is 15.8. The summed E-state index contributed by atoms with van der Waals surface area (Å²) >= 11 is 0. The Morgan fingerprint density at radius 1 is 0.826 bits per heavy atom. The van der Waals surface area contributed by atoms with Crippen molar-refractivity contribution in [1.82, 2.24) is 0 Å². The molecular formula is C22H22Si. The number of allylic oxidation sites excluding steroid dienone is 6. The molecule has 0 bridgehead atoms. The second-order valence-corrected chi connectivity index (χ2v) is 9.97. The molecule has 0 aromatic heterocycles. The zero-order valence-corrected chi connectivity index (χ0v) is 14.9. The Bertz CT molecular complexity index is 809. The van der Waals surface area contributed by atoms with Crippen LogP contribution in [-0.4, -0.2) is 8.80 Å². The van der Waals surface area contributed by atoms with Crippen LogP contribution in [-0.2, 0) is 0 Å². The standard InChI is InChI=1S/C22H22Si/c1-23(2)22-19-14-8-7-13-18(19)21-17(12-6-9-15-20(21)22)16-10-4-3-5-11-16/h3-15,17,22-23H,1-2H3. The number of rotatable bonds is 2. The van der Waals surface area contributed by atoms with E-state index in [2.05, 4.69) is 92.0 Å². The first kappa shape index (κ1) is 14.5. The Hall–Kier alpha value is -2.12. The van der Waals surface area contributed by atoms with Crippen molar-refractivity contribution in [2.75, 3.05) is 0 Å². The molecule has 2 atom stereocenters. The van der Waals surface area contributed by atoms with Crippen LogP contribution in [0, 0.1) is 0 Å². The van der Waals surface area contributed by atoms with Crippen LogP contribution in [0.1, 0.15) is 28.1 Å². The average Bonchev–Trinajstić information content (AvgIpc) is 2.75. The van der Waals surface area contributed by atoms with Gasteiger partial charge in [-0.05, 0) is 27.8 Å². The van der Waals surface area contributed by atoms with E-state index in [1.54, 1.807) is 11.1 Å². The van der Waals surface area contributed by atoms with Crippen LogP contribution in [0.4, 0.5) is 0 Å². The first-order chi connectivity index (χ1) is 11.3. The number of fused-ring (bicyclic) bond motifs is 2. The lowest BCUT2D eigenvalue weighted by Crippen LogP contribution is -2.15. The molecule has 4 rings (SSSR count). The second kappa shape index (κ2) is 5.82. The summed E-state index contributed by atoms with van der Waals surface area (Å²) in [6, 6.07) is 20.0. The summed E-state index contributed by atoms with van der Waals surface area (Å²) in [6.45, 7) is 4.95. The Labute approximate surface area is 140 Å². The van der Waals surface area contributed by atoms with Crippen LogP contribution in [0.25, 0.3) is 5.57 Å². The van der Waals surface area contributed by atoms with Crippen molar-refractivity contribution in [3.8, 4) is 0 Å². The van der Waals surface area contributed by atoms with Gasteiger partial charge in [0.05, 0.1) is 0 Å². The van der Waals surface area contributed by atoms with E-state index in [1.807, 2.05) is 0 Å². The van der Waals surface area contributed by atoms with Gasteiger partial charge in [0.25, 0.3) is 0 Å². The molecule has 1 heteroatoms. The highest BCUT2D eigenvalue weighted by Gasteiger charge is 2.35. The van der Waals surface area contributed by atoms with E-state index in [-0.39, 0.29) is 0 Å². The number of hydrogen-bond donors (Lipinski definition) is 0. The van der Waals surface area contributed by atoms with Crippen LogP contribution in [0.3, 0.4) is 0 Å². The fraction of sp³-hybridized carbons (Fsp3) is 0.182. The van der Waals surface area contributed by atoms with Crippen LogP contribution < -0.4 is 0 Å². The molecule has 2 aliphatic carbocycles. The van der Waals surface area contributed by atoms with Crippen LogP contribution in [0.5, 0.6) is 0 Å². The normalized spacial score (nSPS) is 22.2.